The lowest BCUT2D eigenvalue weighted by Crippen LogP contribution is -2.63. The first-order valence-corrected chi connectivity index (χ1v) is 8.33. The average molecular weight is 310 g/mol. The molecule has 1 aromatic rings. The van der Waals surface area contributed by atoms with Crippen LogP contribution in [0.3, 0.4) is 0 Å². The van der Waals surface area contributed by atoms with Gasteiger partial charge in [-0.25, -0.2) is 9.78 Å². The van der Waals surface area contributed by atoms with E-state index in [1.807, 2.05) is 25.1 Å². The van der Waals surface area contributed by atoms with Gasteiger partial charge in [0.25, 0.3) is 0 Å². The van der Waals surface area contributed by atoms with Crippen LogP contribution in [0, 0.1) is 5.92 Å². The molecule has 1 heterocycles. The molecule has 5 atom stereocenters. The summed E-state index contributed by atoms with van der Waals surface area (Å²) in [7, 11) is 0. The van der Waals surface area contributed by atoms with E-state index in [9.17, 15) is 10.2 Å². The predicted molar refractivity (Wildman–Crippen MR) is 80.9 cm³/mol. The third kappa shape index (κ3) is 2.85. The molecule has 2 aliphatic rings. The summed E-state index contributed by atoms with van der Waals surface area (Å²) in [6, 6.07) is 10.2. The molecule has 1 saturated heterocycles. The molecule has 5 heteroatoms. The lowest BCUT2D eigenvalue weighted by Gasteiger charge is -2.52. The Morgan fingerprint density at radius 3 is 2.67 bits per heavy atom. The van der Waals surface area contributed by atoms with Crippen molar-refractivity contribution in [3.05, 3.63) is 30.3 Å². The van der Waals surface area contributed by atoms with Crippen molar-refractivity contribution in [2.75, 3.05) is 5.75 Å². The summed E-state index contributed by atoms with van der Waals surface area (Å²) in [6.07, 6.45) is 0.0292. The van der Waals surface area contributed by atoms with Crippen LogP contribution in [0.5, 0.6) is 0 Å². The van der Waals surface area contributed by atoms with Crippen molar-refractivity contribution >= 4 is 11.8 Å². The van der Waals surface area contributed by atoms with E-state index in [0.29, 0.717) is 6.42 Å². The Morgan fingerprint density at radius 1 is 1.24 bits per heavy atom. The fraction of sp³-hybridized carbons (Fsp3) is 0.625. The molecule has 116 valence electrons. The first-order valence-electron chi connectivity index (χ1n) is 7.34. The second-order valence-electron chi connectivity index (χ2n) is 6.49. The second-order valence-corrected chi connectivity index (χ2v) is 7.54. The van der Waals surface area contributed by atoms with Gasteiger partial charge in [0.15, 0.2) is 0 Å². The minimum atomic E-state index is -1.23. The zero-order chi connectivity index (χ0) is 15.1. The van der Waals surface area contributed by atoms with Crippen LogP contribution in [0.25, 0.3) is 0 Å². The molecule has 0 aromatic heterocycles. The zero-order valence-corrected chi connectivity index (χ0v) is 13.2. The Kier molecular flexibility index (Phi) is 4.05. The van der Waals surface area contributed by atoms with Crippen LogP contribution in [0.15, 0.2) is 35.2 Å². The largest absolute Gasteiger partial charge is 0.390 e. The Labute approximate surface area is 129 Å². The summed E-state index contributed by atoms with van der Waals surface area (Å²) in [5, 5.41) is 20.4. The lowest BCUT2D eigenvalue weighted by molar-refractivity contribution is -0.448. The second kappa shape index (κ2) is 5.56. The van der Waals surface area contributed by atoms with Crippen LogP contribution in [0.2, 0.25) is 0 Å². The monoisotopic (exact) mass is 310 g/mol. The minimum absolute atomic E-state index is 0.183. The Hall–Kier alpha value is -0.590. The number of rotatable bonds is 3. The van der Waals surface area contributed by atoms with Crippen molar-refractivity contribution < 1.29 is 20.0 Å². The van der Waals surface area contributed by atoms with Crippen LogP contribution in [-0.2, 0) is 9.78 Å². The van der Waals surface area contributed by atoms with E-state index in [1.54, 1.807) is 18.7 Å². The van der Waals surface area contributed by atoms with E-state index in [1.165, 1.54) is 4.90 Å². The summed E-state index contributed by atoms with van der Waals surface area (Å²) < 4.78 is 0. The number of hydrogen-bond donors (Lipinski definition) is 2. The van der Waals surface area contributed by atoms with Crippen molar-refractivity contribution in [2.45, 2.75) is 55.0 Å². The number of thioether (sulfide) groups is 1. The molecular formula is C16H22O4S. The fourth-order valence-electron chi connectivity index (χ4n) is 3.07. The van der Waals surface area contributed by atoms with E-state index in [0.717, 1.165) is 12.2 Å². The van der Waals surface area contributed by atoms with Crippen LogP contribution in [0.1, 0.15) is 26.7 Å². The molecule has 0 amide bonds. The smallest absolute Gasteiger partial charge is 0.124 e. The molecule has 1 saturated carbocycles. The number of aliphatic hydroxyl groups is 2. The summed E-state index contributed by atoms with van der Waals surface area (Å²) in [4.78, 5) is 12.2. The standard InChI is InChI=1S/C16H22O4S/c1-15(10-21-12-6-4-3-5-7-12)11-8-13(17)16(2,18)14(9-11)19-20-15/h3-7,11,13-14,17-18H,8-10H2,1-2H3/t11-,13+,14-,15?,16-/m0/s1. The van der Waals surface area contributed by atoms with E-state index in [2.05, 4.69) is 12.1 Å². The van der Waals surface area contributed by atoms with Gasteiger partial charge in [0.2, 0.25) is 0 Å². The van der Waals surface area contributed by atoms with Crippen molar-refractivity contribution in [1.29, 1.82) is 0 Å². The highest BCUT2D eigenvalue weighted by Gasteiger charge is 2.55. The van der Waals surface area contributed by atoms with Crippen molar-refractivity contribution in [1.82, 2.24) is 0 Å². The molecule has 21 heavy (non-hydrogen) atoms. The van der Waals surface area contributed by atoms with Gasteiger partial charge >= 0.3 is 0 Å². The normalized spacial score (nSPS) is 42.8. The van der Waals surface area contributed by atoms with Gasteiger partial charge in [-0.15, -0.1) is 11.8 Å². The van der Waals surface area contributed by atoms with Crippen molar-refractivity contribution in [3.63, 3.8) is 0 Å². The quantitative estimate of drug-likeness (QED) is 0.663. The number of aliphatic hydroxyl groups excluding tert-OH is 1. The first-order chi connectivity index (χ1) is 9.92. The van der Waals surface area contributed by atoms with Crippen LogP contribution in [0.4, 0.5) is 0 Å². The van der Waals surface area contributed by atoms with Crippen molar-refractivity contribution in [3.8, 4) is 0 Å². The van der Waals surface area contributed by atoms with Gasteiger partial charge in [0.05, 0.1) is 6.10 Å². The molecule has 0 spiro atoms. The third-order valence-electron chi connectivity index (χ3n) is 4.82. The number of benzene rings is 1. The molecule has 0 radical (unpaired) electrons. The summed E-state index contributed by atoms with van der Waals surface area (Å²) in [5.41, 5.74) is -1.68. The van der Waals surface area contributed by atoms with Crippen LogP contribution >= 0.6 is 11.8 Å². The van der Waals surface area contributed by atoms with E-state index < -0.39 is 23.4 Å². The summed E-state index contributed by atoms with van der Waals surface area (Å²) in [6.45, 7) is 3.64. The molecule has 1 unspecified atom stereocenters. The molecule has 2 fully saturated rings. The number of hydrogen-bond acceptors (Lipinski definition) is 5. The minimum Gasteiger partial charge on any atom is -0.390 e. The Morgan fingerprint density at radius 2 is 1.95 bits per heavy atom. The molecule has 4 nitrogen and oxygen atoms in total. The van der Waals surface area contributed by atoms with Crippen LogP contribution in [-0.4, -0.2) is 39.4 Å². The highest BCUT2D eigenvalue weighted by atomic mass is 32.2. The van der Waals surface area contributed by atoms with E-state index in [4.69, 9.17) is 9.78 Å². The SMILES string of the molecule is CC1(CSc2ccccc2)OO[C@H]2C[C@@H]1C[C@@H](O)[C@]2(C)O. The Balaban J connectivity index is 1.69. The van der Waals surface area contributed by atoms with Gasteiger partial charge < -0.3 is 10.2 Å². The lowest BCUT2D eigenvalue weighted by atomic mass is 9.69. The Bertz CT molecular complexity index is 490. The number of fused-ring (bicyclic) bond motifs is 2. The van der Waals surface area contributed by atoms with Gasteiger partial charge in [-0.1, -0.05) is 18.2 Å². The molecule has 3 rings (SSSR count). The van der Waals surface area contributed by atoms with Gasteiger partial charge in [-0.05, 0) is 44.7 Å². The maximum absolute atomic E-state index is 10.3. The maximum Gasteiger partial charge on any atom is 0.124 e. The molecule has 2 N–H and O–H groups in total. The summed E-state index contributed by atoms with van der Waals surface area (Å²) in [5.74, 6) is 0.936. The predicted octanol–water partition coefficient (Wildman–Crippen LogP) is 2.39. The van der Waals surface area contributed by atoms with Crippen LogP contribution < -0.4 is 0 Å². The molecule has 1 aromatic carbocycles. The zero-order valence-electron chi connectivity index (χ0n) is 12.4. The molecular weight excluding hydrogens is 288 g/mol. The molecule has 2 bridgehead atoms. The van der Waals surface area contributed by atoms with E-state index in [-0.39, 0.29) is 5.92 Å². The highest BCUT2D eigenvalue weighted by molar-refractivity contribution is 7.99. The maximum atomic E-state index is 10.3. The van der Waals surface area contributed by atoms with Gasteiger partial charge in [-0.2, -0.15) is 0 Å². The fourth-order valence-corrected chi connectivity index (χ4v) is 4.16. The van der Waals surface area contributed by atoms with E-state index >= 15 is 0 Å². The molecule has 1 aliphatic carbocycles. The van der Waals surface area contributed by atoms with Crippen molar-refractivity contribution in [2.24, 2.45) is 5.92 Å². The molecule has 1 aliphatic heterocycles. The topological polar surface area (TPSA) is 58.9 Å². The average Bonchev–Trinajstić information content (AvgIpc) is 2.47. The first kappa shape index (κ1) is 15.3. The third-order valence-corrected chi connectivity index (χ3v) is 6.14. The van der Waals surface area contributed by atoms with Gasteiger partial charge in [0.1, 0.15) is 17.3 Å². The summed E-state index contributed by atoms with van der Waals surface area (Å²) >= 11 is 1.72. The van der Waals surface area contributed by atoms with Gasteiger partial charge in [0, 0.05) is 10.6 Å². The van der Waals surface area contributed by atoms with Gasteiger partial charge in [-0.3, -0.25) is 0 Å². The highest BCUT2D eigenvalue weighted by Crippen LogP contribution is 2.46.